The first kappa shape index (κ1) is 21.8. The Morgan fingerprint density at radius 1 is 1.06 bits per heavy atom. The predicted octanol–water partition coefficient (Wildman–Crippen LogP) is 2.59. The first-order valence-electron chi connectivity index (χ1n) is 10.8. The Labute approximate surface area is 184 Å². The number of fused-ring (bicyclic) bond motifs is 1. The Balaban J connectivity index is 1.65. The molecule has 1 saturated heterocycles. The highest BCUT2D eigenvalue weighted by Crippen LogP contribution is 2.43. The van der Waals surface area contributed by atoms with Crippen molar-refractivity contribution in [3.63, 3.8) is 0 Å². The number of amidine groups is 1. The van der Waals surface area contributed by atoms with E-state index in [1.54, 1.807) is 4.31 Å². The van der Waals surface area contributed by atoms with Crippen molar-refractivity contribution >= 4 is 21.5 Å². The van der Waals surface area contributed by atoms with Crippen molar-refractivity contribution in [2.75, 3.05) is 24.2 Å². The van der Waals surface area contributed by atoms with Crippen LogP contribution < -0.4 is 16.8 Å². The molecule has 1 atom stereocenters. The molecule has 0 aliphatic carbocycles. The number of aliphatic imine (C=N–C) groups is 1. The molecule has 2 heterocycles. The molecule has 1 unspecified atom stereocenters. The standard InChI is InChI=1S/C23H31N5O2S/c1-2-16-31(29,30)28-14-12-22(13-15-28,18-8-4-3-5-9-18)17-23(25)26-20-11-7-6-10-19(20)21(24)27-23/h3-11,26H,2,12-17,25H2,1H3,(H2,24,27). The lowest BCUT2D eigenvalue weighted by Gasteiger charge is -2.46. The molecule has 1 fully saturated rings. The van der Waals surface area contributed by atoms with E-state index in [4.69, 9.17) is 11.5 Å². The number of hydrogen-bond donors (Lipinski definition) is 3. The van der Waals surface area contributed by atoms with Gasteiger partial charge in [0.1, 0.15) is 5.84 Å². The molecule has 2 aromatic carbocycles. The first-order valence-corrected chi connectivity index (χ1v) is 12.4. The molecule has 0 radical (unpaired) electrons. The summed E-state index contributed by atoms with van der Waals surface area (Å²) in [6.45, 7) is 2.84. The molecule has 5 N–H and O–H groups in total. The van der Waals surface area contributed by atoms with Crippen LogP contribution in [0.3, 0.4) is 0 Å². The molecule has 166 valence electrons. The van der Waals surface area contributed by atoms with Gasteiger partial charge in [0.2, 0.25) is 10.0 Å². The van der Waals surface area contributed by atoms with Crippen LogP contribution in [0.1, 0.15) is 43.7 Å². The summed E-state index contributed by atoms with van der Waals surface area (Å²) in [5.74, 6) is -0.465. The van der Waals surface area contributed by atoms with Crippen LogP contribution in [0.2, 0.25) is 0 Å². The summed E-state index contributed by atoms with van der Waals surface area (Å²) in [7, 11) is -3.22. The summed E-state index contributed by atoms with van der Waals surface area (Å²) in [5, 5.41) is 3.39. The number of para-hydroxylation sites is 1. The van der Waals surface area contributed by atoms with Gasteiger partial charge in [-0.15, -0.1) is 0 Å². The van der Waals surface area contributed by atoms with Gasteiger partial charge in [-0.25, -0.2) is 17.7 Å². The number of hydrogen-bond acceptors (Lipinski definition) is 6. The van der Waals surface area contributed by atoms with Crippen molar-refractivity contribution in [2.24, 2.45) is 16.5 Å². The lowest BCUT2D eigenvalue weighted by atomic mass is 9.69. The fraction of sp³-hybridized carbons (Fsp3) is 0.435. The molecular formula is C23H31N5O2S. The van der Waals surface area contributed by atoms with Gasteiger partial charge in [-0.1, -0.05) is 49.4 Å². The monoisotopic (exact) mass is 441 g/mol. The van der Waals surface area contributed by atoms with Crippen LogP contribution in [-0.4, -0.2) is 43.2 Å². The average molecular weight is 442 g/mol. The molecule has 0 aromatic heterocycles. The summed E-state index contributed by atoms with van der Waals surface area (Å²) in [6, 6.07) is 18.0. The number of anilines is 1. The van der Waals surface area contributed by atoms with Gasteiger partial charge in [-0.3, -0.25) is 5.73 Å². The zero-order valence-corrected chi connectivity index (χ0v) is 18.7. The maximum atomic E-state index is 12.6. The van der Waals surface area contributed by atoms with Gasteiger partial charge in [0.25, 0.3) is 0 Å². The van der Waals surface area contributed by atoms with Gasteiger partial charge < -0.3 is 11.1 Å². The van der Waals surface area contributed by atoms with E-state index >= 15 is 0 Å². The molecule has 2 aromatic rings. The minimum Gasteiger partial charge on any atom is -0.383 e. The van der Waals surface area contributed by atoms with Crippen LogP contribution in [0.15, 0.2) is 59.6 Å². The summed E-state index contributed by atoms with van der Waals surface area (Å²) in [4.78, 5) is 4.65. The number of nitrogens with zero attached hydrogens (tertiary/aromatic N) is 2. The van der Waals surface area contributed by atoms with Crippen LogP contribution in [0.4, 0.5) is 5.69 Å². The van der Waals surface area contributed by atoms with E-state index in [0.717, 1.165) is 16.8 Å². The van der Waals surface area contributed by atoms with Crippen LogP contribution in [0.5, 0.6) is 0 Å². The van der Waals surface area contributed by atoms with Crippen molar-refractivity contribution in [3.8, 4) is 0 Å². The highest BCUT2D eigenvalue weighted by molar-refractivity contribution is 7.89. The highest BCUT2D eigenvalue weighted by Gasteiger charge is 2.45. The minimum absolute atomic E-state index is 0.186. The Morgan fingerprint density at radius 2 is 1.71 bits per heavy atom. The van der Waals surface area contributed by atoms with Gasteiger partial charge >= 0.3 is 0 Å². The number of nitrogens with two attached hydrogens (primary N) is 2. The summed E-state index contributed by atoms with van der Waals surface area (Å²) in [5.41, 5.74) is 15.6. The van der Waals surface area contributed by atoms with E-state index in [0.29, 0.717) is 44.6 Å². The molecule has 4 rings (SSSR count). The van der Waals surface area contributed by atoms with Gasteiger partial charge in [-0.05, 0) is 37.0 Å². The third kappa shape index (κ3) is 4.33. The molecule has 8 heteroatoms. The van der Waals surface area contributed by atoms with Gasteiger partial charge in [0, 0.05) is 36.2 Å². The third-order valence-electron chi connectivity index (χ3n) is 6.40. The predicted molar refractivity (Wildman–Crippen MR) is 125 cm³/mol. The quantitative estimate of drug-likeness (QED) is 0.638. The number of nitrogens with one attached hydrogen (secondary N) is 1. The Kier molecular flexibility index (Phi) is 5.81. The lowest BCUT2D eigenvalue weighted by Crippen LogP contribution is -2.56. The molecule has 2 aliphatic rings. The normalized spacial score (nSPS) is 23.5. The number of benzene rings is 2. The zero-order valence-electron chi connectivity index (χ0n) is 17.9. The molecule has 7 nitrogen and oxygen atoms in total. The fourth-order valence-corrected chi connectivity index (χ4v) is 6.40. The SMILES string of the molecule is CCCS(=O)(=O)N1CCC(CC2(N)N=C(N)c3ccccc3N2)(c2ccccc2)CC1. The summed E-state index contributed by atoms with van der Waals surface area (Å²) in [6.07, 6.45) is 2.49. The van der Waals surface area contributed by atoms with Gasteiger partial charge in [-0.2, -0.15) is 0 Å². The molecule has 0 saturated carbocycles. The summed E-state index contributed by atoms with van der Waals surface area (Å²) >= 11 is 0. The van der Waals surface area contributed by atoms with Crippen molar-refractivity contribution in [2.45, 2.75) is 43.8 Å². The second kappa shape index (κ2) is 8.26. The van der Waals surface area contributed by atoms with Crippen molar-refractivity contribution in [1.29, 1.82) is 0 Å². The lowest BCUT2D eigenvalue weighted by molar-refractivity contribution is 0.190. The van der Waals surface area contributed by atoms with E-state index in [-0.39, 0.29) is 11.2 Å². The topological polar surface area (TPSA) is 114 Å². The number of sulfonamides is 1. The van der Waals surface area contributed by atoms with Crippen molar-refractivity contribution in [3.05, 3.63) is 65.7 Å². The van der Waals surface area contributed by atoms with Crippen LogP contribution in [0, 0.1) is 0 Å². The third-order valence-corrected chi connectivity index (χ3v) is 8.48. The highest BCUT2D eigenvalue weighted by atomic mass is 32.2. The van der Waals surface area contributed by atoms with Crippen LogP contribution >= 0.6 is 0 Å². The minimum atomic E-state index is -3.22. The second-order valence-corrected chi connectivity index (χ2v) is 10.7. The molecule has 31 heavy (non-hydrogen) atoms. The fourth-order valence-electron chi connectivity index (χ4n) is 4.89. The number of piperidine rings is 1. The average Bonchev–Trinajstić information content (AvgIpc) is 2.74. The maximum absolute atomic E-state index is 12.6. The Hall–Kier alpha value is -2.42. The molecule has 0 bridgehead atoms. The molecule has 0 amide bonds. The zero-order chi connectivity index (χ0) is 22.1. The smallest absolute Gasteiger partial charge is 0.214 e. The van der Waals surface area contributed by atoms with Crippen LogP contribution in [0.25, 0.3) is 0 Å². The largest absolute Gasteiger partial charge is 0.383 e. The number of rotatable bonds is 6. The summed E-state index contributed by atoms with van der Waals surface area (Å²) < 4.78 is 26.9. The molecule has 0 spiro atoms. The van der Waals surface area contributed by atoms with Gasteiger partial charge in [0.05, 0.1) is 5.75 Å². The molecule has 2 aliphatic heterocycles. The second-order valence-electron chi connectivity index (χ2n) is 8.63. The van der Waals surface area contributed by atoms with E-state index in [9.17, 15) is 8.42 Å². The molecular weight excluding hydrogens is 410 g/mol. The van der Waals surface area contributed by atoms with Crippen molar-refractivity contribution in [1.82, 2.24) is 4.31 Å². The Morgan fingerprint density at radius 3 is 2.39 bits per heavy atom. The van der Waals surface area contributed by atoms with Gasteiger partial charge in [0.15, 0.2) is 5.79 Å². The van der Waals surface area contributed by atoms with E-state index in [2.05, 4.69) is 22.4 Å². The van der Waals surface area contributed by atoms with E-state index < -0.39 is 15.8 Å². The maximum Gasteiger partial charge on any atom is 0.214 e. The van der Waals surface area contributed by atoms with E-state index in [1.165, 1.54) is 0 Å². The first-order chi connectivity index (χ1) is 14.8. The Bertz CT molecular complexity index is 1060. The van der Waals surface area contributed by atoms with Crippen LogP contribution in [-0.2, 0) is 15.4 Å². The van der Waals surface area contributed by atoms with Crippen molar-refractivity contribution < 1.29 is 8.42 Å². The van der Waals surface area contributed by atoms with E-state index in [1.807, 2.05) is 49.4 Å².